The minimum Gasteiger partial charge on any atom is -0.465 e. The molecule has 2 N–H and O–H groups in total. The van der Waals surface area contributed by atoms with E-state index in [4.69, 9.17) is 9.47 Å². The molecule has 2 amide bonds. The molecular weight excluding hydrogens is 454 g/mol. The summed E-state index contributed by atoms with van der Waals surface area (Å²) in [6, 6.07) is 3.02. The summed E-state index contributed by atoms with van der Waals surface area (Å²) in [5, 5.41) is 12.1. The van der Waals surface area contributed by atoms with Gasteiger partial charge in [-0.1, -0.05) is 6.07 Å². The Morgan fingerprint density at radius 1 is 1.06 bits per heavy atom. The standard InChI is InChI=1S/C25H29N3O7/c1-14-16(3-4-17-18(14)12-34-22(17)30)19(26-24(32)33)11-27-8-5-25(6-9-27)7-10-28(23(25)31)20-13-35-21(29)15(20)2/h3-4,19,26H,5-13H2,1-2H3,(H,32,33)/t19-/m0/s1. The van der Waals surface area contributed by atoms with Crippen molar-refractivity contribution in [3.63, 3.8) is 0 Å². The molecule has 186 valence electrons. The van der Waals surface area contributed by atoms with Gasteiger partial charge in [-0.05, 0) is 63.4 Å². The predicted octanol–water partition coefficient (Wildman–Crippen LogP) is 2.12. The summed E-state index contributed by atoms with van der Waals surface area (Å²) in [7, 11) is 0. The van der Waals surface area contributed by atoms with Gasteiger partial charge in [0.25, 0.3) is 0 Å². The van der Waals surface area contributed by atoms with Crippen LogP contribution in [0.15, 0.2) is 23.4 Å². The smallest absolute Gasteiger partial charge is 0.405 e. The third-order valence-corrected chi connectivity index (χ3v) is 8.05. The second kappa shape index (κ2) is 8.67. The maximum absolute atomic E-state index is 13.4. The number of esters is 2. The molecule has 1 aromatic rings. The fourth-order valence-corrected chi connectivity index (χ4v) is 5.83. The first-order valence-corrected chi connectivity index (χ1v) is 11.9. The molecule has 2 saturated heterocycles. The summed E-state index contributed by atoms with van der Waals surface area (Å²) in [6.45, 7) is 6.31. The zero-order valence-corrected chi connectivity index (χ0v) is 19.9. The summed E-state index contributed by atoms with van der Waals surface area (Å²) >= 11 is 0. The highest BCUT2D eigenvalue weighted by atomic mass is 16.5. The topological polar surface area (TPSA) is 125 Å². The van der Waals surface area contributed by atoms with E-state index in [-0.39, 0.29) is 31.1 Å². The van der Waals surface area contributed by atoms with Crippen LogP contribution in [0.1, 0.15) is 59.3 Å². The lowest BCUT2D eigenvalue weighted by atomic mass is 9.77. The van der Waals surface area contributed by atoms with Gasteiger partial charge in [0.15, 0.2) is 0 Å². The molecule has 0 aromatic heterocycles. The van der Waals surface area contributed by atoms with Gasteiger partial charge >= 0.3 is 18.0 Å². The van der Waals surface area contributed by atoms with Crippen LogP contribution in [-0.4, -0.2) is 71.6 Å². The van der Waals surface area contributed by atoms with Crippen LogP contribution in [-0.2, 0) is 25.7 Å². The molecule has 4 heterocycles. The largest absolute Gasteiger partial charge is 0.465 e. The first-order valence-electron chi connectivity index (χ1n) is 11.9. The number of carbonyl (C=O) groups is 4. The van der Waals surface area contributed by atoms with Gasteiger partial charge in [0.2, 0.25) is 5.91 Å². The minimum absolute atomic E-state index is 0.0594. The van der Waals surface area contributed by atoms with E-state index >= 15 is 0 Å². The van der Waals surface area contributed by atoms with Crippen molar-refractivity contribution in [2.45, 2.75) is 45.8 Å². The van der Waals surface area contributed by atoms with Crippen molar-refractivity contribution in [2.75, 3.05) is 32.8 Å². The van der Waals surface area contributed by atoms with Crippen LogP contribution in [0.25, 0.3) is 0 Å². The molecule has 0 bridgehead atoms. The molecule has 10 nitrogen and oxygen atoms in total. The van der Waals surface area contributed by atoms with Crippen LogP contribution in [0.4, 0.5) is 4.79 Å². The van der Waals surface area contributed by atoms with Crippen molar-refractivity contribution < 1.29 is 33.8 Å². The van der Waals surface area contributed by atoms with Crippen LogP contribution in [0.5, 0.6) is 0 Å². The lowest BCUT2D eigenvalue weighted by Gasteiger charge is -2.39. The Morgan fingerprint density at radius 2 is 1.74 bits per heavy atom. The third-order valence-electron chi connectivity index (χ3n) is 8.05. The summed E-state index contributed by atoms with van der Waals surface area (Å²) in [4.78, 5) is 52.5. The van der Waals surface area contributed by atoms with Crippen LogP contribution in [0.2, 0.25) is 0 Å². The molecule has 1 aromatic carbocycles. The van der Waals surface area contributed by atoms with E-state index in [0.29, 0.717) is 55.9 Å². The van der Waals surface area contributed by atoms with Crippen LogP contribution in [0.3, 0.4) is 0 Å². The molecule has 4 aliphatic heterocycles. The fraction of sp³-hybridized carbons (Fsp3) is 0.520. The number of nitrogens with zero attached hydrogens (tertiary/aromatic N) is 2. The van der Waals surface area contributed by atoms with Crippen LogP contribution >= 0.6 is 0 Å². The molecule has 35 heavy (non-hydrogen) atoms. The van der Waals surface area contributed by atoms with Gasteiger partial charge in [0, 0.05) is 18.7 Å². The van der Waals surface area contributed by atoms with Gasteiger partial charge in [0.1, 0.15) is 13.2 Å². The third kappa shape index (κ3) is 3.95. The van der Waals surface area contributed by atoms with E-state index in [0.717, 1.165) is 23.1 Å². The number of ether oxygens (including phenoxy) is 2. The van der Waals surface area contributed by atoms with Crippen molar-refractivity contribution >= 4 is 23.9 Å². The van der Waals surface area contributed by atoms with E-state index in [1.54, 1.807) is 24.0 Å². The summed E-state index contributed by atoms with van der Waals surface area (Å²) in [6.07, 6.45) is 0.970. The van der Waals surface area contributed by atoms with Crippen molar-refractivity contribution in [2.24, 2.45) is 5.41 Å². The molecule has 0 aliphatic carbocycles. The second-order valence-corrected chi connectivity index (χ2v) is 9.82. The highest BCUT2D eigenvalue weighted by molar-refractivity contribution is 5.94. The quantitative estimate of drug-likeness (QED) is 0.610. The number of likely N-dealkylation sites (tertiary alicyclic amines) is 2. The lowest BCUT2D eigenvalue weighted by molar-refractivity contribution is -0.138. The number of carboxylic acid groups (broad SMARTS) is 1. The first-order chi connectivity index (χ1) is 16.7. The summed E-state index contributed by atoms with van der Waals surface area (Å²) in [5.41, 5.74) is 3.75. The molecule has 0 radical (unpaired) electrons. The van der Waals surface area contributed by atoms with Gasteiger partial charge in [0.05, 0.1) is 28.3 Å². The lowest BCUT2D eigenvalue weighted by Crippen LogP contribution is -2.47. The number of fused-ring (bicyclic) bond motifs is 1. The second-order valence-electron chi connectivity index (χ2n) is 9.82. The van der Waals surface area contributed by atoms with Gasteiger partial charge < -0.3 is 29.7 Å². The first kappa shape index (κ1) is 23.3. The van der Waals surface area contributed by atoms with E-state index in [1.165, 1.54) is 0 Å². The predicted molar refractivity (Wildman–Crippen MR) is 122 cm³/mol. The number of piperidine rings is 1. The van der Waals surface area contributed by atoms with E-state index in [2.05, 4.69) is 10.2 Å². The molecular formula is C25H29N3O7. The number of amides is 2. The normalized spacial score (nSPS) is 22.5. The Morgan fingerprint density at radius 3 is 2.40 bits per heavy atom. The zero-order valence-electron chi connectivity index (χ0n) is 19.9. The van der Waals surface area contributed by atoms with Crippen LogP contribution < -0.4 is 5.32 Å². The number of benzene rings is 1. The van der Waals surface area contributed by atoms with Gasteiger partial charge in [-0.3, -0.25) is 4.79 Å². The molecule has 0 unspecified atom stereocenters. The maximum atomic E-state index is 13.4. The molecule has 2 fully saturated rings. The number of cyclic esters (lactones) is 2. The monoisotopic (exact) mass is 483 g/mol. The van der Waals surface area contributed by atoms with Crippen molar-refractivity contribution in [1.82, 2.24) is 15.1 Å². The number of hydrogen-bond acceptors (Lipinski definition) is 7. The Hall–Kier alpha value is -3.40. The molecule has 1 atom stereocenters. The molecule has 1 spiro atoms. The summed E-state index contributed by atoms with van der Waals surface area (Å²) in [5.74, 6) is -0.657. The molecule has 10 heteroatoms. The van der Waals surface area contributed by atoms with Gasteiger partial charge in [-0.25, -0.2) is 14.4 Å². The minimum atomic E-state index is -1.12. The Bertz CT molecular complexity index is 1150. The number of carbonyl (C=O) groups excluding carboxylic acids is 3. The Kier molecular flexibility index (Phi) is 5.79. The fourth-order valence-electron chi connectivity index (χ4n) is 5.83. The summed E-state index contributed by atoms with van der Waals surface area (Å²) < 4.78 is 10.2. The average Bonchev–Trinajstić information content (AvgIpc) is 3.47. The average molecular weight is 484 g/mol. The Balaban J connectivity index is 1.28. The van der Waals surface area contributed by atoms with E-state index in [1.807, 2.05) is 6.92 Å². The number of rotatable bonds is 5. The highest BCUT2D eigenvalue weighted by Crippen LogP contribution is 2.44. The Labute approximate surface area is 202 Å². The molecule has 4 aliphatic rings. The number of nitrogens with one attached hydrogen (secondary N) is 1. The molecule has 0 saturated carbocycles. The highest BCUT2D eigenvalue weighted by Gasteiger charge is 2.50. The number of hydrogen-bond donors (Lipinski definition) is 2. The maximum Gasteiger partial charge on any atom is 0.405 e. The van der Waals surface area contributed by atoms with Crippen molar-refractivity contribution in [3.05, 3.63) is 45.7 Å². The van der Waals surface area contributed by atoms with Gasteiger partial charge in [-0.2, -0.15) is 0 Å². The van der Waals surface area contributed by atoms with E-state index < -0.39 is 17.6 Å². The van der Waals surface area contributed by atoms with Gasteiger partial charge in [-0.15, -0.1) is 0 Å². The van der Waals surface area contributed by atoms with Crippen LogP contribution in [0, 0.1) is 12.3 Å². The van der Waals surface area contributed by atoms with E-state index in [9.17, 15) is 24.3 Å². The van der Waals surface area contributed by atoms with Crippen molar-refractivity contribution in [3.8, 4) is 0 Å². The van der Waals surface area contributed by atoms with Crippen molar-refractivity contribution in [1.29, 1.82) is 0 Å². The zero-order chi connectivity index (χ0) is 24.9. The SMILES string of the molecule is CC1=C(N2CCC3(CCN(C[C@H](NC(=O)O)c4ccc5c(c4C)COC5=O)CC3)C2=O)COC1=O. The molecule has 5 rings (SSSR count).